The lowest BCUT2D eigenvalue weighted by molar-refractivity contribution is 0.415. The first-order chi connectivity index (χ1) is 23.6. The zero-order valence-electron chi connectivity index (χ0n) is 29.7. The van der Waals surface area contributed by atoms with Crippen molar-refractivity contribution in [2.75, 3.05) is 7.11 Å². The third-order valence-electron chi connectivity index (χ3n) is 8.54. The molecule has 5 aromatic rings. The lowest BCUT2D eigenvalue weighted by Crippen LogP contribution is -2.14. The van der Waals surface area contributed by atoms with Crippen LogP contribution in [0, 0.1) is 21.6 Å². The van der Waals surface area contributed by atoms with Crippen LogP contribution in [0.2, 0.25) is 0 Å². The van der Waals surface area contributed by atoms with Gasteiger partial charge in [-0.05, 0) is 111 Å². The van der Waals surface area contributed by atoms with Crippen molar-refractivity contribution >= 4 is 23.6 Å². The maximum atomic E-state index is 8.47. The fourth-order valence-corrected chi connectivity index (χ4v) is 5.36. The van der Waals surface area contributed by atoms with Gasteiger partial charge in [0.15, 0.2) is 0 Å². The number of hydrogen-bond donors (Lipinski definition) is 4. The topological polar surface area (TPSA) is 123 Å². The molecule has 0 bridgehead atoms. The van der Waals surface area contributed by atoms with E-state index in [2.05, 4.69) is 47.6 Å². The Morgan fingerprint density at radius 2 is 0.680 bits per heavy atom. The molecule has 50 heavy (non-hydrogen) atoms. The molecule has 4 N–H and O–H groups in total. The molecule has 5 rings (SSSR count). The van der Waals surface area contributed by atoms with Gasteiger partial charge < -0.3 is 14.2 Å². The Bertz CT molecular complexity index is 1890. The van der Waals surface area contributed by atoms with Crippen molar-refractivity contribution in [1.29, 1.82) is 21.6 Å². The van der Waals surface area contributed by atoms with Crippen LogP contribution in [0.5, 0.6) is 5.75 Å². The third kappa shape index (κ3) is 8.42. The summed E-state index contributed by atoms with van der Waals surface area (Å²) in [5.74, 6) is 0.337. The van der Waals surface area contributed by atoms with Crippen molar-refractivity contribution in [3.8, 4) is 28.0 Å². The first kappa shape index (κ1) is 35.5. The highest BCUT2D eigenvalue weighted by atomic mass is 16.5. The number of rotatable bonds is 7. The number of nitrogens with one attached hydrogen (secondary N) is 4. The van der Waals surface area contributed by atoms with Crippen molar-refractivity contribution in [2.24, 2.45) is 0 Å². The molecule has 0 amide bonds. The van der Waals surface area contributed by atoms with E-state index >= 15 is 0 Å². The molecule has 0 saturated heterocycles. The van der Waals surface area contributed by atoms with Crippen LogP contribution in [0.4, 0.5) is 0 Å². The quantitative estimate of drug-likeness (QED) is 0.102. The molecular weight excluding hydrogens is 620 g/mol. The van der Waals surface area contributed by atoms with Crippen LogP contribution in [-0.4, -0.2) is 30.7 Å². The summed E-state index contributed by atoms with van der Waals surface area (Å²) in [4.78, 5) is 0. The number of methoxy groups -OCH3 is 1. The molecular formula is C43H44N4O3. The minimum atomic E-state index is -0.101. The van der Waals surface area contributed by atoms with Gasteiger partial charge in [0.05, 0.1) is 7.11 Å². The lowest BCUT2D eigenvalue weighted by Gasteiger charge is -2.19. The molecule has 7 nitrogen and oxygen atoms in total. The van der Waals surface area contributed by atoms with E-state index in [9.17, 15) is 0 Å². The molecule has 0 aromatic heterocycles. The molecule has 0 saturated carbocycles. The number of hydrogen-bond acceptors (Lipinski definition) is 7. The normalized spacial score (nSPS) is 11.4. The fourth-order valence-electron chi connectivity index (χ4n) is 5.36. The maximum absolute atomic E-state index is 8.47. The summed E-state index contributed by atoms with van der Waals surface area (Å²) in [6, 6.07) is 36.2. The highest BCUT2D eigenvalue weighted by molar-refractivity contribution is 6.05. The minimum Gasteiger partial charge on any atom is -0.497 e. The van der Waals surface area contributed by atoms with Crippen molar-refractivity contribution < 1.29 is 14.2 Å². The summed E-state index contributed by atoms with van der Waals surface area (Å²) >= 11 is 0. The van der Waals surface area contributed by atoms with E-state index in [4.69, 9.17) is 35.8 Å². The predicted molar refractivity (Wildman–Crippen MR) is 204 cm³/mol. The molecule has 0 radical (unpaired) electrons. The predicted octanol–water partition coefficient (Wildman–Crippen LogP) is 10.4. The van der Waals surface area contributed by atoms with E-state index in [-0.39, 0.29) is 34.4 Å². The van der Waals surface area contributed by atoms with Gasteiger partial charge in [-0.25, -0.2) is 0 Å². The van der Waals surface area contributed by atoms with Crippen LogP contribution >= 0.6 is 0 Å². The molecule has 0 fully saturated rings. The summed E-state index contributed by atoms with van der Waals surface area (Å²) in [7, 11) is 1.63. The van der Waals surface area contributed by atoms with Crippen LogP contribution in [0.1, 0.15) is 74.9 Å². The second kappa shape index (κ2) is 14.3. The number of ether oxygens (including phenoxy) is 3. The van der Waals surface area contributed by atoms with Crippen LogP contribution in [0.3, 0.4) is 0 Å². The van der Waals surface area contributed by atoms with Gasteiger partial charge in [0.2, 0.25) is 23.6 Å². The molecule has 0 unspecified atom stereocenters. The van der Waals surface area contributed by atoms with Crippen molar-refractivity contribution in [1.82, 2.24) is 0 Å². The molecule has 254 valence electrons. The van der Waals surface area contributed by atoms with Crippen molar-refractivity contribution in [3.63, 3.8) is 0 Å². The Kier molecular flexibility index (Phi) is 10.2. The van der Waals surface area contributed by atoms with E-state index in [0.29, 0.717) is 28.0 Å². The van der Waals surface area contributed by atoms with E-state index in [1.165, 1.54) is 11.1 Å². The second-order valence-corrected chi connectivity index (χ2v) is 14.3. The molecule has 0 aliphatic heterocycles. The average molecular weight is 665 g/mol. The minimum absolute atomic E-state index is 0.0114. The van der Waals surface area contributed by atoms with Crippen LogP contribution in [-0.2, 0) is 20.3 Å². The number of benzene rings is 5. The summed E-state index contributed by atoms with van der Waals surface area (Å²) in [6.07, 6.45) is 0. The third-order valence-corrected chi connectivity index (χ3v) is 8.54. The summed E-state index contributed by atoms with van der Waals surface area (Å²) in [5, 5.41) is 33.7. The molecule has 0 spiro atoms. The van der Waals surface area contributed by atoms with Gasteiger partial charge >= 0.3 is 0 Å². The van der Waals surface area contributed by atoms with Crippen molar-refractivity contribution in [3.05, 3.63) is 149 Å². The fraction of sp³-hybridized carbons (Fsp3) is 0.209. The lowest BCUT2D eigenvalue weighted by atomic mass is 9.87. The van der Waals surface area contributed by atoms with Crippen LogP contribution in [0.25, 0.3) is 22.3 Å². The Hall–Kier alpha value is -5.82. The van der Waals surface area contributed by atoms with Crippen LogP contribution in [0.15, 0.2) is 115 Å². The molecule has 7 heteroatoms. The van der Waals surface area contributed by atoms with Gasteiger partial charge in [0.1, 0.15) is 5.75 Å². The van der Waals surface area contributed by atoms with Crippen molar-refractivity contribution in [2.45, 2.75) is 52.4 Å². The second-order valence-electron chi connectivity index (χ2n) is 14.3. The van der Waals surface area contributed by atoms with Crippen LogP contribution < -0.4 is 4.74 Å². The van der Waals surface area contributed by atoms with Gasteiger partial charge in [-0.3, -0.25) is 21.6 Å². The highest BCUT2D eigenvalue weighted by Gasteiger charge is 2.17. The van der Waals surface area contributed by atoms with E-state index in [1.54, 1.807) is 7.11 Å². The van der Waals surface area contributed by atoms with E-state index < -0.39 is 0 Å². The Morgan fingerprint density at radius 1 is 0.400 bits per heavy atom. The van der Waals surface area contributed by atoms with Gasteiger partial charge in [-0.2, -0.15) is 0 Å². The van der Waals surface area contributed by atoms with Gasteiger partial charge in [0.25, 0.3) is 0 Å². The molecule has 0 aliphatic carbocycles. The Morgan fingerprint density at radius 3 is 0.940 bits per heavy atom. The van der Waals surface area contributed by atoms with Gasteiger partial charge in [-0.15, -0.1) is 0 Å². The summed E-state index contributed by atoms with van der Waals surface area (Å²) in [6.45, 7) is 12.8. The average Bonchev–Trinajstić information content (AvgIpc) is 3.10. The highest BCUT2D eigenvalue weighted by Crippen LogP contribution is 2.32. The largest absolute Gasteiger partial charge is 0.497 e. The standard InChI is InChI=1S/C43H44N4O3/c1-42(2,3)35-20-16-31(17-21-35)40(46)49-38(44)29-12-8-27(9-13-29)33-24-34(26-37(25-33)48-7)28-10-14-30(15-11-28)39(45)50-41(47)32-18-22-36(23-19-32)43(4,5)6/h8-26,44-47H,1-7H3. The summed E-state index contributed by atoms with van der Waals surface area (Å²) in [5.41, 5.74) is 8.40. The molecule has 0 heterocycles. The first-order valence-corrected chi connectivity index (χ1v) is 16.4. The molecule has 0 atom stereocenters. The maximum Gasteiger partial charge on any atom is 0.221 e. The Balaban J connectivity index is 1.26. The summed E-state index contributed by atoms with van der Waals surface area (Å²) < 4.78 is 16.8. The zero-order chi connectivity index (χ0) is 36.2. The zero-order valence-corrected chi connectivity index (χ0v) is 29.7. The smallest absolute Gasteiger partial charge is 0.221 e. The first-order valence-electron chi connectivity index (χ1n) is 16.4. The van der Waals surface area contributed by atoms with Gasteiger partial charge in [-0.1, -0.05) is 90.1 Å². The monoisotopic (exact) mass is 664 g/mol. The van der Waals surface area contributed by atoms with E-state index in [0.717, 1.165) is 22.3 Å². The molecule has 5 aromatic carbocycles. The molecule has 0 aliphatic rings. The van der Waals surface area contributed by atoms with E-state index in [1.807, 2.05) is 109 Å². The SMILES string of the molecule is COc1cc(-c2ccc(C(=N)OC(=N)c3ccc(C(C)(C)C)cc3)cc2)cc(-c2ccc(C(=N)OC(=N)c3ccc(C(C)(C)C)cc3)cc2)c1. The Labute approximate surface area is 294 Å². The van der Waals surface area contributed by atoms with Gasteiger partial charge in [0, 0.05) is 22.3 Å².